The van der Waals surface area contributed by atoms with Crippen molar-refractivity contribution in [2.75, 3.05) is 6.61 Å². The summed E-state index contributed by atoms with van der Waals surface area (Å²) in [4.78, 5) is 12.7. The summed E-state index contributed by atoms with van der Waals surface area (Å²) >= 11 is 6.10. The number of carbonyl (C=O) groups excluding carboxylic acids is 1. The first-order chi connectivity index (χ1) is 14.9. The van der Waals surface area contributed by atoms with Crippen LogP contribution in [0.1, 0.15) is 30.9 Å². The summed E-state index contributed by atoms with van der Waals surface area (Å²) in [5.74, 6) is -1.33. The fourth-order valence-electron chi connectivity index (χ4n) is 3.31. The van der Waals surface area contributed by atoms with Crippen LogP contribution in [0.25, 0.3) is 0 Å². The van der Waals surface area contributed by atoms with Gasteiger partial charge in [-0.25, -0.2) is 9.18 Å². The highest BCUT2D eigenvalue weighted by Crippen LogP contribution is 2.43. The minimum absolute atomic E-state index is 0.0534. The highest BCUT2D eigenvalue weighted by atomic mass is 35.5. The Morgan fingerprint density at radius 2 is 2.06 bits per heavy atom. The molecule has 1 heterocycles. The molecular formula is C23H20ClFN2O4. The van der Waals surface area contributed by atoms with Gasteiger partial charge in [0.05, 0.1) is 23.1 Å². The number of nitrogens with two attached hydrogens (primary N) is 1. The number of para-hydroxylation sites is 1. The first-order valence-electron chi connectivity index (χ1n) is 9.48. The van der Waals surface area contributed by atoms with Crippen LogP contribution in [0.15, 0.2) is 65.3 Å². The Kier molecular flexibility index (Phi) is 6.83. The maximum atomic E-state index is 13.3. The van der Waals surface area contributed by atoms with E-state index in [9.17, 15) is 14.4 Å². The van der Waals surface area contributed by atoms with Crippen LogP contribution in [-0.4, -0.2) is 12.6 Å². The van der Waals surface area contributed by atoms with E-state index in [1.165, 1.54) is 18.2 Å². The molecule has 3 rings (SSSR count). The van der Waals surface area contributed by atoms with Gasteiger partial charge < -0.3 is 19.9 Å². The van der Waals surface area contributed by atoms with E-state index in [0.29, 0.717) is 16.9 Å². The van der Waals surface area contributed by atoms with E-state index in [0.717, 1.165) is 0 Å². The van der Waals surface area contributed by atoms with Crippen LogP contribution in [0.5, 0.6) is 5.75 Å². The van der Waals surface area contributed by atoms with Crippen LogP contribution in [0.2, 0.25) is 5.02 Å². The first-order valence-corrected chi connectivity index (χ1v) is 9.86. The van der Waals surface area contributed by atoms with Gasteiger partial charge in [0.25, 0.3) is 0 Å². The maximum absolute atomic E-state index is 13.3. The van der Waals surface area contributed by atoms with E-state index in [2.05, 4.69) is 0 Å². The number of rotatable bonds is 6. The molecule has 0 aromatic heterocycles. The average Bonchev–Trinajstić information content (AvgIpc) is 2.73. The van der Waals surface area contributed by atoms with E-state index in [4.69, 9.17) is 31.5 Å². The minimum Gasteiger partial charge on any atom is -0.489 e. The van der Waals surface area contributed by atoms with Gasteiger partial charge >= 0.3 is 5.97 Å². The number of nitriles is 1. The van der Waals surface area contributed by atoms with Crippen LogP contribution in [0.3, 0.4) is 0 Å². The summed E-state index contributed by atoms with van der Waals surface area (Å²) in [6.07, 6.45) is 0. The molecule has 1 aliphatic rings. The van der Waals surface area contributed by atoms with Gasteiger partial charge in [0.15, 0.2) is 0 Å². The Labute approximate surface area is 184 Å². The first kappa shape index (κ1) is 22.2. The van der Waals surface area contributed by atoms with Gasteiger partial charge in [0.2, 0.25) is 5.88 Å². The molecule has 0 aliphatic carbocycles. The van der Waals surface area contributed by atoms with E-state index in [1.54, 1.807) is 38.1 Å². The molecule has 0 spiro atoms. The second-order valence-electron chi connectivity index (χ2n) is 6.68. The molecule has 1 unspecified atom stereocenters. The Morgan fingerprint density at radius 1 is 1.32 bits per heavy atom. The molecule has 0 radical (unpaired) electrons. The molecule has 0 saturated carbocycles. The summed E-state index contributed by atoms with van der Waals surface area (Å²) in [6, 6.07) is 13.0. The lowest BCUT2D eigenvalue weighted by Crippen LogP contribution is -2.26. The average molecular weight is 443 g/mol. The zero-order valence-corrected chi connectivity index (χ0v) is 17.7. The lowest BCUT2D eigenvalue weighted by atomic mass is 9.82. The van der Waals surface area contributed by atoms with Crippen molar-refractivity contribution in [1.29, 1.82) is 5.26 Å². The molecule has 0 fully saturated rings. The van der Waals surface area contributed by atoms with Crippen LogP contribution in [0.4, 0.5) is 4.39 Å². The van der Waals surface area contributed by atoms with Crippen molar-refractivity contribution in [3.63, 3.8) is 0 Å². The molecule has 0 bridgehead atoms. The van der Waals surface area contributed by atoms with Crippen LogP contribution >= 0.6 is 11.6 Å². The zero-order valence-electron chi connectivity index (χ0n) is 16.9. The molecule has 160 valence electrons. The van der Waals surface area contributed by atoms with E-state index >= 15 is 0 Å². The molecule has 8 heteroatoms. The second kappa shape index (κ2) is 9.54. The number of benzene rings is 2. The molecule has 1 aliphatic heterocycles. The SMILES string of the molecule is CCOC(=O)C1=C(C)OC(N)=C(C#N)C1c1ccccc1OCc1ccc(F)cc1Cl. The van der Waals surface area contributed by atoms with Crippen molar-refractivity contribution in [1.82, 2.24) is 0 Å². The fourth-order valence-corrected chi connectivity index (χ4v) is 3.53. The number of carbonyl (C=O) groups is 1. The molecule has 6 nitrogen and oxygen atoms in total. The van der Waals surface area contributed by atoms with Gasteiger partial charge in [-0.2, -0.15) is 5.26 Å². The van der Waals surface area contributed by atoms with E-state index < -0.39 is 17.7 Å². The lowest BCUT2D eigenvalue weighted by molar-refractivity contribution is -0.139. The van der Waals surface area contributed by atoms with Gasteiger partial charge in [-0.3, -0.25) is 0 Å². The Morgan fingerprint density at radius 3 is 2.74 bits per heavy atom. The highest BCUT2D eigenvalue weighted by Gasteiger charge is 2.37. The molecule has 2 aromatic rings. The lowest BCUT2D eigenvalue weighted by Gasteiger charge is -2.28. The zero-order chi connectivity index (χ0) is 22.5. The summed E-state index contributed by atoms with van der Waals surface area (Å²) in [7, 11) is 0. The molecule has 31 heavy (non-hydrogen) atoms. The summed E-state index contributed by atoms with van der Waals surface area (Å²) in [6.45, 7) is 3.48. The van der Waals surface area contributed by atoms with Crippen molar-refractivity contribution < 1.29 is 23.4 Å². The number of hydrogen-bond donors (Lipinski definition) is 1. The number of halogens is 2. The fraction of sp³-hybridized carbons (Fsp3) is 0.217. The highest BCUT2D eigenvalue weighted by molar-refractivity contribution is 6.31. The van der Waals surface area contributed by atoms with Crippen molar-refractivity contribution in [3.8, 4) is 11.8 Å². The monoisotopic (exact) mass is 442 g/mol. The predicted octanol–water partition coefficient (Wildman–Crippen LogP) is 4.70. The van der Waals surface area contributed by atoms with Crippen LogP contribution in [0, 0.1) is 17.1 Å². The molecule has 0 amide bonds. The van der Waals surface area contributed by atoms with Gasteiger partial charge in [0, 0.05) is 11.1 Å². The summed E-state index contributed by atoms with van der Waals surface area (Å²) < 4.78 is 29.9. The quantitative estimate of drug-likeness (QED) is 0.651. The molecular weight excluding hydrogens is 423 g/mol. The Bertz CT molecular complexity index is 1120. The van der Waals surface area contributed by atoms with Gasteiger partial charge in [-0.1, -0.05) is 35.9 Å². The van der Waals surface area contributed by atoms with Crippen LogP contribution < -0.4 is 10.5 Å². The molecule has 2 aromatic carbocycles. The topological polar surface area (TPSA) is 94.6 Å². The summed E-state index contributed by atoms with van der Waals surface area (Å²) in [5, 5.41) is 9.96. The maximum Gasteiger partial charge on any atom is 0.338 e. The molecule has 0 saturated heterocycles. The third-order valence-electron chi connectivity index (χ3n) is 4.73. The number of nitrogens with zero attached hydrogens (tertiary/aromatic N) is 1. The second-order valence-corrected chi connectivity index (χ2v) is 7.08. The molecule has 2 N–H and O–H groups in total. The van der Waals surface area contributed by atoms with Crippen molar-refractivity contribution >= 4 is 17.6 Å². The third kappa shape index (κ3) is 4.65. The van der Waals surface area contributed by atoms with Crippen molar-refractivity contribution in [2.45, 2.75) is 26.4 Å². The normalized spacial score (nSPS) is 15.9. The predicted molar refractivity (Wildman–Crippen MR) is 112 cm³/mol. The van der Waals surface area contributed by atoms with E-state index in [1.807, 2.05) is 6.07 Å². The smallest absolute Gasteiger partial charge is 0.338 e. The van der Waals surface area contributed by atoms with E-state index in [-0.39, 0.29) is 41.0 Å². The van der Waals surface area contributed by atoms with Gasteiger partial charge in [-0.15, -0.1) is 0 Å². The van der Waals surface area contributed by atoms with Crippen molar-refractivity contribution in [2.24, 2.45) is 5.73 Å². The van der Waals surface area contributed by atoms with Crippen molar-refractivity contribution in [3.05, 3.63) is 87.2 Å². The number of allylic oxidation sites excluding steroid dienone is 2. The Balaban J connectivity index is 2.04. The third-order valence-corrected chi connectivity index (χ3v) is 5.08. The van der Waals surface area contributed by atoms with Gasteiger partial charge in [-0.05, 0) is 32.0 Å². The number of ether oxygens (including phenoxy) is 3. The summed E-state index contributed by atoms with van der Waals surface area (Å²) in [5.41, 5.74) is 7.31. The number of esters is 1. The standard InChI is InChI=1S/C23H20ClFN2O4/c1-3-29-23(28)20-13(2)31-22(27)17(11-26)21(20)16-6-4-5-7-19(16)30-12-14-8-9-15(25)10-18(14)24/h4-10,21H,3,12,27H2,1-2H3. The minimum atomic E-state index is -0.835. The van der Waals surface area contributed by atoms with Gasteiger partial charge in [0.1, 0.15) is 35.6 Å². The number of hydrogen-bond acceptors (Lipinski definition) is 6. The molecule has 1 atom stereocenters. The van der Waals surface area contributed by atoms with Crippen LogP contribution in [-0.2, 0) is 20.9 Å². The Hall–Kier alpha value is -3.50. The largest absolute Gasteiger partial charge is 0.489 e.